The van der Waals surface area contributed by atoms with Gasteiger partial charge in [0.1, 0.15) is 0 Å². The summed E-state index contributed by atoms with van der Waals surface area (Å²) in [6.45, 7) is 0. The predicted octanol–water partition coefficient (Wildman–Crippen LogP) is 3.20. The highest BCUT2D eigenvalue weighted by molar-refractivity contribution is 5.99. The topological polar surface area (TPSA) is 64.3 Å². The van der Waals surface area contributed by atoms with Crippen LogP contribution in [0.5, 0.6) is 0 Å². The second-order valence-corrected chi connectivity index (χ2v) is 5.17. The van der Waals surface area contributed by atoms with E-state index in [1.165, 1.54) is 6.42 Å². The van der Waals surface area contributed by atoms with Crippen LogP contribution in [0.4, 0.5) is 11.4 Å². The van der Waals surface area contributed by atoms with Gasteiger partial charge in [0.2, 0.25) is 5.96 Å². The number of nitrogens with one attached hydrogen (secondary N) is 1. The van der Waals surface area contributed by atoms with Crippen LogP contribution in [-0.4, -0.2) is 17.0 Å². The zero-order valence-corrected chi connectivity index (χ0v) is 12.2. The van der Waals surface area contributed by atoms with Gasteiger partial charge < -0.3 is 4.90 Å². The molecule has 1 aliphatic carbocycles. The number of hydrogen-bond acceptors (Lipinski definition) is 3. The lowest BCUT2D eigenvalue weighted by molar-refractivity contribution is 0.414. The smallest absolute Gasteiger partial charge is 0.217 e. The molecule has 0 amide bonds. The Morgan fingerprint density at radius 1 is 1.23 bits per heavy atom. The molecule has 1 N–H and O–H groups in total. The van der Waals surface area contributed by atoms with E-state index in [1.54, 1.807) is 12.4 Å². The summed E-state index contributed by atoms with van der Waals surface area (Å²) in [5.74, 6) is 0.548. The standard InChI is InChI=1S/C17H17N5/c18-13-20-17(21-14-6-2-1-3-7-14)22(15-8-4-9-15)16-10-5-11-19-12-16/h1-3,5-7,10-12,15H,4,8-9H2,(H,20,21). The zero-order chi connectivity index (χ0) is 15.2. The quantitative estimate of drug-likeness (QED) is 0.408. The molecule has 5 heteroatoms. The van der Waals surface area contributed by atoms with Crippen molar-refractivity contribution in [1.82, 2.24) is 10.3 Å². The van der Waals surface area contributed by atoms with Crippen molar-refractivity contribution in [2.75, 3.05) is 4.90 Å². The predicted molar refractivity (Wildman–Crippen MR) is 86.6 cm³/mol. The molecule has 0 atom stereocenters. The number of aliphatic imine (C=N–C) groups is 1. The Balaban J connectivity index is 1.99. The number of nitrogens with zero attached hydrogens (tertiary/aromatic N) is 4. The zero-order valence-electron chi connectivity index (χ0n) is 12.2. The fourth-order valence-corrected chi connectivity index (χ4v) is 2.46. The lowest BCUT2D eigenvalue weighted by Crippen LogP contribution is -2.49. The summed E-state index contributed by atoms with van der Waals surface area (Å²) in [5.41, 5.74) is 1.76. The summed E-state index contributed by atoms with van der Waals surface area (Å²) in [5, 5.41) is 11.8. The molecule has 0 saturated heterocycles. The molecular weight excluding hydrogens is 274 g/mol. The first-order valence-corrected chi connectivity index (χ1v) is 7.36. The molecule has 0 radical (unpaired) electrons. The van der Waals surface area contributed by atoms with Gasteiger partial charge in [0.25, 0.3) is 0 Å². The van der Waals surface area contributed by atoms with Crippen LogP contribution >= 0.6 is 0 Å². The van der Waals surface area contributed by atoms with Gasteiger partial charge in [-0.3, -0.25) is 10.3 Å². The lowest BCUT2D eigenvalue weighted by atomic mass is 9.91. The molecule has 0 aliphatic heterocycles. The summed E-state index contributed by atoms with van der Waals surface area (Å²) in [7, 11) is 0. The van der Waals surface area contributed by atoms with E-state index in [4.69, 9.17) is 5.26 Å². The van der Waals surface area contributed by atoms with Gasteiger partial charge in [-0.2, -0.15) is 5.26 Å². The van der Waals surface area contributed by atoms with E-state index in [9.17, 15) is 0 Å². The fourth-order valence-electron chi connectivity index (χ4n) is 2.46. The molecule has 1 aromatic carbocycles. The van der Waals surface area contributed by atoms with Crippen molar-refractivity contribution in [2.45, 2.75) is 25.3 Å². The first kappa shape index (κ1) is 14.1. The van der Waals surface area contributed by atoms with Crippen molar-refractivity contribution in [3.05, 3.63) is 54.9 Å². The third kappa shape index (κ3) is 3.07. The lowest BCUT2D eigenvalue weighted by Gasteiger charge is -2.38. The van der Waals surface area contributed by atoms with Crippen molar-refractivity contribution in [3.8, 4) is 6.19 Å². The van der Waals surface area contributed by atoms with Crippen LogP contribution in [0.1, 0.15) is 19.3 Å². The van der Waals surface area contributed by atoms with Gasteiger partial charge in [-0.15, -0.1) is 0 Å². The normalized spacial score (nSPS) is 14.8. The average molecular weight is 291 g/mol. The largest absolute Gasteiger partial charge is 0.307 e. The minimum atomic E-state index is 0.354. The first-order chi connectivity index (χ1) is 10.9. The van der Waals surface area contributed by atoms with Crippen LogP contribution in [0.25, 0.3) is 0 Å². The van der Waals surface area contributed by atoms with Gasteiger partial charge in [0.15, 0.2) is 6.19 Å². The van der Waals surface area contributed by atoms with E-state index in [0.717, 1.165) is 24.2 Å². The molecule has 3 rings (SSSR count). The number of pyridine rings is 1. The molecule has 1 heterocycles. The number of aromatic nitrogens is 1. The monoisotopic (exact) mass is 291 g/mol. The third-order valence-electron chi connectivity index (χ3n) is 3.75. The van der Waals surface area contributed by atoms with Crippen LogP contribution in [0, 0.1) is 11.5 Å². The summed E-state index contributed by atoms with van der Waals surface area (Å²) < 4.78 is 0. The maximum absolute atomic E-state index is 9.10. The van der Waals surface area contributed by atoms with Crippen molar-refractivity contribution in [2.24, 2.45) is 4.99 Å². The van der Waals surface area contributed by atoms with Crippen molar-refractivity contribution in [3.63, 3.8) is 0 Å². The third-order valence-corrected chi connectivity index (χ3v) is 3.75. The maximum atomic E-state index is 9.10. The Labute approximate surface area is 129 Å². The molecule has 1 saturated carbocycles. The number of rotatable bonds is 3. The second-order valence-electron chi connectivity index (χ2n) is 5.17. The highest BCUT2D eigenvalue weighted by atomic mass is 15.3. The average Bonchev–Trinajstić information content (AvgIpc) is 2.52. The molecular formula is C17H17N5. The van der Waals surface area contributed by atoms with E-state index < -0.39 is 0 Å². The number of nitriles is 1. The van der Waals surface area contributed by atoms with Crippen molar-refractivity contribution >= 4 is 17.3 Å². The van der Waals surface area contributed by atoms with E-state index >= 15 is 0 Å². The molecule has 0 unspecified atom stereocenters. The van der Waals surface area contributed by atoms with E-state index in [-0.39, 0.29) is 0 Å². The minimum Gasteiger partial charge on any atom is -0.307 e. The number of para-hydroxylation sites is 1. The van der Waals surface area contributed by atoms with E-state index in [0.29, 0.717) is 12.0 Å². The molecule has 0 spiro atoms. The Bertz CT molecular complexity index is 671. The molecule has 0 bridgehead atoms. The Morgan fingerprint density at radius 2 is 2.05 bits per heavy atom. The van der Waals surface area contributed by atoms with E-state index in [1.807, 2.05) is 48.7 Å². The number of anilines is 1. The van der Waals surface area contributed by atoms with E-state index in [2.05, 4.69) is 20.2 Å². The molecule has 2 aromatic rings. The Morgan fingerprint density at radius 3 is 2.64 bits per heavy atom. The number of benzene rings is 1. The molecule has 110 valence electrons. The van der Waals surface area contributed by atoms with Crippen molar-refractivity contribution in [1.29, 1.82) is 5.26 Å². The van der Waals surface area contributed by atoms with Gasteiger partial charge >= 0.3 is 0 Å². The molecule has 1 fully saturated rings. The van der Waals surface area contributed by atoms with Crippen molar-refractivity contribution < 1.29 is 0 Å². The molecule has 5 nitrogen and oxygen atoms in total. The van der Waals surface area contributed by atoms with Crippen LogP contribution in [0.3, 0.4) is 0 Å². The Kier molecular flexibility index (Phi) is 4.30. The Hall–Kier alpha value is -2.87. The minimum absolute atomic E-state index is 0.354. The second kappa shape index (κ2) is 6.72. The van der Waals surface area contributed by atoms with Gasteiger partial charge in [-0.25, -0.2) is 4.99 Å². The van der Waals surface area contributed by atoms with Gasteiger partial charge in [0, 0.05) is 12.2 Å². The van der Waals surface area contributed by atoms with Crippen LogP contribution < -0.4 is 10.2 Å². The molecule has 1 aromatic heterocycles. The highest BCUT2D eigenvalue weighted by Gasteiger charge is 2.29. The highest BCUT2D eigenvalue weighted by Crippen LogP contribution is 2.29. The molecule has 1 aliphatic rings. The molecule has 22 heavy (non-hydrogen) atoms. The van der Waals surface area contributed by atoms with Gasteiger partial charge in [0.05, 0.1) is 17.6 Å². The van der Waals surface area contributed by atoms with Gasteiger partial charge in [-0.05, 0) is 43.5 Å². The van der Waals surface area contributed by atoms with Crippen LogP contribution in [-0.2, 0) is 0 Å². The SMILES string of the molecule is N#CNC(=Nc1ccccc1)N(c1cccnc1)C1CCC1. The maximum Gasteiger partial charge on any atom is 0.217 e. The number of hydrogen-bond donors (Lipinski definition) is 1. The van der Waals surface area contributed by atoms with Crippen LogP contribution in [0.15, 0.2) is 59.9 Å². The summed E-state index contributed by atoms with van der Waals surface area (Å²) >= 11 is 0. The summed E-state index contributed by atoms with van der Waals surface area (Å²) in [4.78, 5) is 10.9. The number of guanidine groups is 1. The fraction of sp³-hybridized carbons (Fsp3) is 0.235. The first-order valence-electron chi connectivity index (χ1n) is 7.36. The summed E-state index contributed by atoms with van der Waals surface area (Å²) in [6, 6.07) is 13.9. The van der Waals surface area contributed by atoms with Gasteiger partial charge in [-0.1, -0.05) is 18.2 Å². The van der Waals surface area contributed by atoms with Crippen LogP contribution in [0.2, 0.25) is 0 Å². The summed E-state index contributed by atoms with van der Waals surface area (Å²) in [6.07, 6.45) is 8.93.